The van der Waals surface area contributed by atoms with E-state index in [0.717, 1.165) is 5.56 Å². The summed E-state index contributed by atoms with van der Waals surface area (Å²) in [4.78, 5) is 58.0. The normalized spacial score (nSPS) is 13.6. The van der Waals surface area contributed by atoms with Crippen molar-refractivity contribution in [1.29, 1.82) is 0 Å². The zero-order valence-corrected chi connectivity index (χ0v) is 23.1. The first-order valence-corrected chi connectivity index (χ1v) is 13.2. The minimum absolute atomic E-state index is 0.0495. The maximum atomic E-state index is 13.1. The van der Waals surface area contributed by atoms with E-state index in [1.807, 2.05) is 30.3 Å². The third-order valence-electron chi connectivity index (χ3n) is 5.59. The fraction of sp³-hybridized carbons (Fsp3) is 0.500. The van der Waals surface area contributed by atoms with Crippen molar-refractivity contribution >= 4 is 48.2 Å². The van der Waals surface area contributed by atoms with E-state index >= 15 is 0 Å². The van der Waals surface area contributed by atoms with Crippen LogP contribution in [0.15, 0.2) is 40.3 Å². The van der Waals surface area contributed by atoms with Crippen LogP contribution in [0.4, 0.5) is 0 Å². The number of nitrogens with two attached hydrogens (primary N) is 5. The van der Waals surface area contributed by atoms with Crippen molar-refractivity contribution in [2.24, 2.45) is 38.7 Å². The SMILES string of the molecule is NC(N)=NCCCC(NC(=O)C(CS)NC(=O)C(CCCN=C(N)N)NC(=O)C(N)Cc1ccccc1)C(=O)O. The van der Waals surface area contributed by atoms with E-state index in [4.69, 9.17) is 28.7 Å². The smallest absolute Gasteiger partial charge is 0.326 e. The van der Waals surface area contributed by atoms with Crippen LogP contribution in [0.25, 0.3) is 0 Å². The summed E-state index contributed by atoms with van der Waals surface area (Å²) < 4.78 is 0. The van der Waals surface area contributed by atoms with Crippen LogP contribution in [0, 0.1) is 0 Å². The summed E-state index contributed by atoms with van der Waals surface area (Å²) in [7, 11) is 0. The summed E-state index contributed by atoms with van der Waals surface area (Å²) in [5, 5.41) is 17.0. The van der Waals surface area contributed by atoms with Crippen LogP contribution >= 0.6 is 12.6 Å². The van der Waals surface area contributed by atoms with Crippen molar-refractivity contribution < 1.29 is 24.3 Å². The van der Waals surface area contributed by atoms with Gasteiger partial charge in [0.1, 0.15) is 18.1 Å². The second-order valence-corrected chi connectivity index (χ2v) is 9.26. The molecule has 16 heteroatoms. The highest BCUT2D eigenvalue weighted by Gasteiger charge is 2.29. The Bertz CT molecular complexity index is 1030. The topological polar surface area (TPSA) is 279 Å². The predicted octanol–water partition coefficient (Wildman–Crippen LogP) is -2.87. The van der Waals surface area contributed by atoms with Crippen LogP contribution in [0.5, 0.6) is 0 Å². The molecule has 4 atom stereocenters. The Morgan fingerprint density at radius 2 is 1.25 bits per heavy atom. The molecule has 0 aliphatic rings. The number of carbonyl (C=O) groups is 4. The lowest BCUT2D eigenvalue weighted by Gasteiger charge is -2.24. The molecule has 0 bridgehead atoms. The quantitative estimate of drug-likeness (QED) is 0.0366. The lowest BCUT2D eigenvalue weighted by Crippen LogP contribution is -2.57. The number of nitrogens with one attached hydrogen (secondary N) is 3. The number of carboxylic acids is 1. The van der Waals surface area contributed by atoms with Crippen LogP contribution in [0.1, 0.15) is 31.2 Å². The number of carboxylic acid groups (broad SMARTS) is 1. The summed E-state index contributed by atoms with van der Waals surface area (Å²) in [5.74, 6) is -3.66. The molecule has 14 N–H and O–H groups in total. The number of hydrogen-bond donors (Lipinski definition) is 10. The van der Waals surface area contributed by atoms with Crippen LogP contribution in [-0.4, -0.2) is 83.7 Å². The highest BCUT2D eigenvalue weighted by Crippen LogP contribution is 2.06. The Morgan fingerprint density at radius 3 is 1.75 bits per heavy atom. The van der Waals surface area contributed by atoms with Gasteiger partial charge in [-0.3, -0.25) is 24.4 Å². The maximum absolute atomic E-state index is 13.1. The summed E-state index contributed by atoms with van der Waals surface area (Å²) in [5.41, 5.74) is 28.1. The van der Waals surface area contributed by atoms with Crippen molar-refractivity contribution in [2.45, 2.75) is 56.3 Å². The number of benzene rings is 1. The van der Waals surface area contributed by atoms with Gasteiger partial charge in [0, 0.05) is 18.8 Å². The van der Waals surface area contributed by atoms with Crippen molar-refractivity contribution in [3.8, 4) is 0 Å². The lowest BCUT2D eigenvalue weighted by atomic mass is 10.0. The standard InChI is InChI=1S/C24H40N10O5S/c25-15(12-14-6-2-1-3-7-14)19(35)32-16(8-4-10-30-23(26)27)20(36)34-18(13-40)21(37)33-17(22(38)39)9-5-11-31-24(28)29/h1-3,6-7,15-18,40H,4-5,8-13,25H2,(H,32,35)(H,33,37)(H,34,36)(H,38,39)(H4,26,27,30)(H4,28,29,31). The average molecular weight is 581 g/mol. The number of guanidine groups is 2. The molecule has 4 unspecified atom stereocenters. The third kappa shape index (κ3) is 13.7. The number of aliphatic carboxylic acids is 1. The molecule has 40 heavy (non-hydrogen) atoms. The number of rotatable bonds is 18. The van der Waals surface area contributed by atoms with Crippen LogP contribution in [0.2, 0.25) is 0 Å². The van der Waals surface area contributed by atoms with E-state index in [2.05, 4.69) is 38.6 Å². The molecule has 1 rings (SSSR count). The molecule has 0 aromatic heterocycles. The Morgan fingerprint density at radius 1 is 0.775 bits per heavy atom. The van der Waals surface area contributed by atoms with Crippen LogP contribution in [0.3, 0.4) is 0 Å². The van der Waals surface area contributed by atoms with Crippen molar-refractivity contribution in [3.05, 3.63) is 35.9 Å². The van der Waals surface area contributed by atoms with Gasteiger partial charge in [-0.15, -0.1) is 0 Å². The number of hydrogen-bond acceptors (Lipinski definition) is 8. The molecule has 15 nitrogen and oxygen atoms in total. The van der Waals surface area contributed by atoms with Crippen LogP contribution < -0.4 is 44.6 Å². The second-order valence-electron chi connectivity index (χ2n) is 8.90. The zero-order valence-electron chi connectivity index (χ0n) is 22.2. The maximum Gasteiger partial charge on any atom is 0.326 e. The van der Waals surface area contributed by atoms with Gasteiger partial charge in [-0.25, -0.2) is 4.79 Å². The lowest BCUT2D eigenvalue weighted by molar-refractivity contribution is -0.142. The van der Waals surface area contributed by atoms with Gasteiger partial charge < -0.3 is 49.7 Å². The van der Waals surface area contributed by atoms with Crippen molar-refractivity contribution in [1.82, 2.24) is 16.0 Å². The van der Waals surface area contributed by atoms with Gasteiger partial charge >= 0.3 is 5.97 Å². The van der Waals surface area contributed by atoms with Gasteiger partial charge in [0.15, 0.2) is 11.9 Å². The molecule has 3 amide bonds. The van der Waals surface area contributed by atoms with Crippen molar-refractivity contribution in [3.63, 3.8) is 0 Å². The highest BCUT2D eigenvalue weighted by atomic mass is 32.1. The molecule has 0 heterocycles. The Hall–Kier alpha value is -4.05. The molecular formula is C24H40N10O5S. The number of amides is 3. The van der Waals surface area contributed by atoms with E-state index < -0.39 is 47.9 Å². The Labute approximate surface area is 238 Å². The van der Waals surface area contributed by atoms with E-state index in [0.29, 0.717) is 12.8 Å². The number of thiol groups is 1. The number of nitrogens with zero attached hydrogens (tertiary/aromatic N) is 2. The molecule has 0 spiro atoms. The minimum atomic E-state index is -1.26. The predicted molar refractivity (Wildman–Crippen MR) is 155 cm³/mol. The molecule has 0 radical (unpaired) electrons. The Balaban J connectivity index is 2.88. The van der Waals surface area contributed by atoms with E-state index in [1.54, 1.807) is 0 Å². The molecule has 0 aliphatic heterocycles. The molecule has 0 fully saturated rings. The first-order valence-electron chi connectivity index (χ1n) is 12.6. The molecular weight excluding hydrogens is 540 g/mol. The fourth-order valence-electron chi connectivity index (χ4n) is 3.51. The van der Waals surface area contributed by atoms with Crippen LogP contribution in [-0.2, 0) is 25.6 Å². The monoisotopic (exact) mass is 580 g/mol. The molecule has 1 aromatic rings. The van der Waals surface area contributed by atoms with Gasteiger partial charge in [0.2, 0.25) is 17.7 Å². The number of carbonyl (C=O) groups excluding carboxylic acids is 3. The van der Waals surface area contributed by atoms with Gasteiger partial charge in [0.25, 0.3) is 0 Å². The van der Waals surface area contributed by atoms with E-state index in [-0.39, 0.29) is 50.0 Å². The molecule has 1 aromatic carbocycles. The summed E-state index contributed by atoms with van der Waals surface area (Å²) in [6, 6.07) is 4.69. The zero-order chi connectivity index (χ0) is 30.1. The highest BCUT2D eigenvalue weighted by molar-refractivity contribution is 7.80. The average Bonchev–Trinajstić information content (AvgIpc) is 2.90. The van der Waals surface area contributed by atoms with E-state index in [9.17, 15) is 24.3 Å². The summed E-state index contributed by atoms with van der Waals surface area (Å²) >= 11 is 4.13. The summed E-state index contributed by atoms with van der Waals surface area (Å²) in [6.07, 6.45) is 1.05. The largest absolute Gasteiger partial charge is 0.480 e. The Kier molecular flexibility index (Phi) is 15.5. The van der Waals surface area contributed by atoms with E-state index in [1.165, 1.54) is 0 Å². The first-order chi connectivity index (χ1) is 18.9. The van der Waals surface area contributed by atoms with Gasteiger partial charge in [-0.1, -0.05) is 30.3 Å². The van der Waals surface area contributed by atoms with Gasteiger partial charge in [-0.2, -0.15) is 12.6 Å². The molecule has 0 saturated heterocycles. The summed E-state index contributed by atoms with van der Waals surface area (Å²) in [6.45, 7) is 0.386. The molecule has 222 valence electrons. The second kappa shape index (κ2) is 18.3. The van der Waals surface area contributed by atoms with Crippen molar-refractivity contribution in [2.75, 3.05) is 18.8 Å². The molecule has 0 aliphatic carbocycles. The van der Waals surface area contributed by atoms with Gasteiger partial charge in [-0.05, 0) is 37.7 Å². The van der Waals surface area contributed by atoms with Gasteiger partial charge in [0.05, 0.1) is 6.04 Å². The third-order valence-corrected chi connectivity index (χ3v) is 5.95. The molecule has 0 saturated carbocycles. The minimum Gasteiger partial charge on any atom is -0.480 e. The fourth-order valence-corrected chi connectivity index (χ4v) is 3.77. The number of aliphatic imine (C=N–C) groups is 2. The first kappa shape index (κ1) is 34.0.